The second-order valence-corrected chi connectivity index (χ2v) is 7.68. The Labute approximate surface area is 179 Å². The van der Waals surface area contributed by atoms with Gasteiger partial charge in [0.2, 0.25) is 0 Å². The first-order chi connectivity index (χ1) is 14.9. The fraction of sp³-hybridized carbons (Fsp3) is 0.391. The third-order valence-electron chi connectivity index (χ3n) is 5.73. The minimum absolute atomic E-state index is 0.175. The number of carbonyl (C=O) groups is 2. The van der Waals surface area contributed by atoms with Gasteiger partial charge in [0.15, 0.2) is 6.29 Å². The Kier molecular flexibility index (Phi) is 6.17. The van der Waals surface area contributed by atoms with Crippen LogP contribution in [0.2, 0.25) is 0 Å². The van der Waals surface area contributed by atoms with Crippen molar-refractivity contribution in [3.8, 4) is 0 Å². The molecule has 2 aliphatic rings. The standard InChI is InChI=1S/C23H25NO7/c1-2-30-23-17(24-21(28)14-10-6-7-11-15(14)22(24)29)18(26)19(27)20(31-23)16(25)12-13-8-4-3-5-9-13/h3-11,16-20,23,25-27H,2,12H2,1H3/t16?,17-,18+,19-,20+,23-/m0/s1. The summed E-state index contributed by atoms with van der Waals surface area (Å²) >= 11 is 0. The maximum Gasteiger partial charge on any atom is 0.262 e. The van der Waals surface area contributed by atoms with Crippen molar-refractivity contribution in [2.45, 2.75) is 50.1 Å². The second kappa shape index (κ2) is 8.86. The van der Waals surface area contributed by atoms with Crippen LogP contribution in [0.5, 0.6) is 0 Å². The highest BCUT2D eigenvalue weighted by Gasteiger charge is 2.54. The zero-order chi connectivity index (χ0) is 22.1. The van der Waals surface area contributed by atoms with Crippen LogP contribution in [0.4, 0.5) is 0 Å². The number of hydrogen-bond acceptors (Lipinski definition) is 7. The van der Waals surface area contributed by atoms with Gasteiger partial charge in [-0.15, -0.1) is 0 Å². The third-order valence-corrected chi connectivity index (χ3v) is 5.73. The van der Waals surface area contributed by atoms with Crippen LogP contribution in [0.25, 0.3) is 0 Å². The third kappa shape index (κ3) is 3.88. The van der Waals surface area contributed by atoms with Crippen molar-refractivity contribution in [1.29, 1.82) is 0 Å². The molecule has 0 radical (unpaired) electrons. The van der Waals surface area contributed by atoms with Gasteiger partial charge in [0.05, 0.1) is 17.2 Å². The zero-order valence-corrected chi connectivity index (χ0v) is 17.0. The van der Waals surface area contributed by atoms with Crippen molar-refractivity contribution in [2.24, 2.45) is 0 Å². The molecule has 2 aromatic carbocycles. The SMILES string of the molecule is CCO[C@H]1O[C@H](C(O)Cc2ccccc2)[C@@H](O)[C@H](O)[C@@H]1N1C(=O)c2ccccc2C1=O. The molecule has 6 atom stereocenters. The number of amides is 2. The molecule has 8 nitrogen and oxygen atoms in total. The van der Waals surface area contributed by atoms with Gasteiger partial charge in [-0.25, -0.2) is 0 Å². The zero-order valence-electron chi connectivity index (χ0n) is 17.0. The average molecular weight is 427 g/mol. The van der Waals surface area contributed by atoms with Gasteiger partial charge in [-0.2, -0.15) is 0 Å². The van der Waals surface area contributed by atoms with Crippen LogP contribution in [0.1, 0.15) is 33.2 Å². The number of benzene rings is 2. The molecule has 0 aromatic heterocycles. The second-order valence-electron chi connectivity index (χ2n) is 7.68. The minimum atomic E-state index is -1.57. The molecule has 0 spiro atoms. The van der Waals surface area contributed by atoms with E-state index in [1.165, 1.54) is 12.1 Å². The Morgan fingerprint density at radius 2 is 1.55 bits per heavy atom. The molecule has 2 amide bonds. The van der Waals surface area contributed by atoms with E-state index in [0.717, 1.165) is 10.5 Å². The number of fused-ring (bicyclic) bond motifs is 1. The molecule has 4 rings (SSSR count). The summed E-state index contributed by atoms with van der Waals surface area (Å²) in [5.41, 5.74) is 1.27. The summed E-state index contributed by atoms with van der Waals surface area (Å²) in [7, 11) is 0. The summed E-state index contributed by atoms with van der Waals surface area (Å²) in [6, 6.07) is 14.3. The lowest BCUT2D eigenvalue weighted by molar-refractivity contribution is -0.288. The van der Waals surface area contributed by atoms with Gasteiger partial charge in [0.1, 0.15) is 24.4 Å². The number of ether oxygens (including phenoxy) is 2. The molecule has 0 bridgehead atoms. The number of rotatable bonds is 6. The van der Waals surface area contributed by atoms with Gasteiger partial charge < -0.3 is 24.8 Å². The first-order valence-electron chi connectivity index (χ1n) is 10.3. The van der Waals surface area contributed by atoms with Gasteiger partial charge in [-0.1, -0.05) is 42.5 Å². The first-order valence-corrected chi connectivity index (χ1v) is 10.3. The van der Waals surface area contributed by atoms with Gasteiger partial charge in [-0.05, 0) is 24.6 Å². The first kappa shape index (κ1) is 21.6. The molecule has 2 aliphatic heterocycles. The van der Waals surface area contributed by atoms with Crippen LogP contribution in [0.15, 0.2) is 54.6 Å². The number of nitrogens with zero attached hydrogens (tertiary/aromatic N) is 1. The molecule has 164 valence electrons. The lowest BCUT2D eigenvalue weighted by Crippen LogP contribution is -2.67. The van der Waals surface area contributed by atoms with E-state index >= 15 is 0 Å². The topological polar surface area (TPSA) is 117 Å². The van der Waals surface area contributed by atoms with E-state index in [9.17, 15) is 24.9 Å². The van der Waals surface area contributed by atoms with Crippen molar-refractivity contribution in [3.05, 3.63) is 71.3 Å². The van der Waals surface area contributed by atoms with Crippen LogP contribution in [0, 0.1) is 0 Å². The van der Waals surface area contributed by atoms with E-state index in [0.29, 0.717) is 0 Å². The lowest BCUT2D eigenvalue weighted by Gasteiger charge is -2.46. The molecule has 31 heavy (non-hydrogen) atoms. The minimum Gasteiger partial charge on any atom is -0.390 e. The Bertz CT molecular complexity index is 915. The van der Waals surface area contributed by atoms with E-state index in [-0.39, 0.29) is 24.2 Å². The van der Waals surface area contributed by atoms with E-state index in [2.05, 4.69) is 0 Å². The maximum absolute atomic E-state index is 12.9. The maximum atomic E-state index is 12.9. The number of aliphatic hydroxyl groups excluding tert-OH is 3. The predicted molar refractivity (Wildman–Crippen MR) is 109 cm³/mol. The fourth-order valence-electron chi connectivity index (χ4n) is 4.22. The van der Waals surface area contributed by atoms with Crippen molar-refractivity contribution in [3.63, 3.8) is 0 Å². The van der Waals surface area contributed by atoms with E-state index in [1.807, 2.05) is 30.3 Å². The Morgan fingerprint density at radius 3 is 2.13 bits per heavy atom. The smallest absolute Gasteiger partial charge is 0.262 e. The van der Waals surface area contributed by atoms with Gasteiger partial charge >= 0.3 is 0 Å². The highest BCUT2D eigenvalue weighted by molar-refractivity contribution is 6.21. The molecular weight excluding hydrogens is 402 g/mol. The molecule has 0 aliphatic carbocycles. The van der Waals surface area contributed by atoms with Gasteiger partial charge in [0.25, 0.3) is 11.8 Å². The van der Waals surface area contributed by atoms with Crippen molar-refractivity contribution < 1.29 is 34.4 Å². The summed E-state index contributed by atoms with van der Waals surface area (Å²) in [6.45, 7) is 1.88. The monoisotopic (exact) mass is 427 g/mol. The number of imide groups is 1. The van der Waals surface area contributed by atoms with Crippen LogP contribution < -0.4 is 0 Å². The Hall–Kier alpha value is -2.62. The summed E-state index contributed by atoms with van der Waals surface area (Å²) in [5, 5.41) is 32.4. The highest BCUT2D eigenvalue weighted by atomic mass is 16.7. The average Bonchev–Trinajstić information content (AvgIpc) is 3.02. The molecule has 1 fully saturated rings. The highest BCUT2D eigenvalue weighted by Crippen LogP contribution is 2.33. The summed E-state index contributed by atoms with van der Waals surface area (Å²) in [4.78, 5) is 26.7. The van der Waals surface area contributed by atoms with Gasteiger partial charge in [-0.3, -0.25) is 14.5 Å². The quantitative estimate of drug-likeness (QED) is 0.582. The predicted octanol–water partition coefficient (Wildman–Crippen LogP) is 0.738. The summed E-state index contributed by atoms with van der Waals surface area (Å²) in [6.07, 6.45) is -6.43. The molecule has 8 heteroatoms. The number of hydrogen-bond donors (Lipinski definition) is 3. The normalized spacial score (nSPS) is 29.2. The summed E-state index contributed by atoms with van der Waals surface area (Å²) < 4.78 is 11.4. The van der Waals surface area contributed by atoms with Crippen molar-refractivity contribution in [1.82, 2.24) is 4.90 Å². The van der Waals surface area contributed by atoms with E-state index in [1.54, 1.807) is 19.1 Å². The molecule has 1 unspecified atom stereocenters. The van der Waals surface area contributed by atoms with Crippen molar-refractivity contribution in [2.75, 3.05) is 6.61 Å². The molecule has 2 heterocycles. The molecule has 0 saturated carbocycles. The van der Waals surface area contributed by atoms with Crippen LogP contribution in [-0.4, -0.2) is 75.4 Å². The van der Waals surface area contributed by atoms with E-state index < -0.39 is 48.6 Å². The fourth-order valence-corrected chi connectivity index (χ4v) is 4.22. The van der Waals surface area contributed by atoms with Crippen LogP contribution in [0.3, 0.4) is 0 Å². The molecule has 1 saturated heterocycles. The number of carbonyl (C=O) groups excluding carboxylic acids is 2. The molecule has 2 aromatic rings. The number of aliphatic hydroxyl groups is 3. The van der Waals surface area contributed by atoms with Crippen LogP contribution in [-0.2, 0) is 15.9 Å². The Morgan fingerprint density at radius 1 is 0.968 bits per heavy atom. The van der Waals surface area contributed by atoms with Crippen molar-refractivity contribution >= 4 is 11.8 Å². The largest absolute Gasteiger partial charge is 0.390 e. The Balaban J connectivity index is 1.59. The molecule has 3 N–H and O–H groups in total. The summed E-state index contributed by atoms with van der Waals surface area (Å²) in [5.74, 6) is -1.18. The van der Waals surface area contributed by atoms with Crippen LogP contribution >= 0.6 is 0 Å². The molecular formula is C23H25NO7. The lowest BCUT2D eigenvalue weighted by atomic mass is 9.90. The van der Waals surface area contributed by atoms with Gasteiger partial charge in [0, 0.05) is 13.0 Å². The van der Waals surface area contributed by atoms with E-state index in [4.69, 9.17) is 9.47 Å².